The number of hydrogen-bond acceptors (Lipinski definition) is 3. The van der Waals surface area contributed by atoms with Crippen LogP contribution in [0, 0.1) is 6.92 Å². The number of aryl methyl sites for hydroxylation is 1. The van der Waals surface area contributed by atoms with Gasteiger partial charge in [0.05, 0.1) is 15.5 Å². The molecule has 0 aliphatic rings. The highest BCUT2D eigenvalue weighted by Gasteiger charge is 2.34. The first-order valence-corrected chi connectivity index (χ1v) is 8.66. The van der Waals surface area contributed by atoms with Gasteiger partial charge in [0, 0.05) is 12.8 Å². The van der Waals surface area contributed by atoms with Crippen LogP contribution in [0.2, 0.25) is 5.02 Å². The average Bonchev–Trinajstić information content (AvgIpc) is 2.37. The van der Waals surface area contributed by atoms with E-state index in [1.165, 1.54) is 4.90 Å². The first kappa shape index (κ1) is 17.7. The van der Waals surface area contributed by atoms with Crippen molar-refractivity contribution in [2.24, 2.45) is 0 Å². The van der Waals surface area contributed by atoms with Crippen LogP contribution in [0.4, 0.5) is 5.69 Å². The lowest BCUT2D eigenvalue weighted by Gasteiger charge is -2.31. The van der Waals surface area contributed by atoms with Gasteiger partial charge in [-0.15, -0.1) is 0 Å². The third-order valence-corrected chi connectivity index (χ3v) is 5.83. The van der Waals surface area contributed by atoms with Crippen LogP contribution in [0.1, 0.15) is 19.4 Å². The van der Waals surface area contributed by atoms with Crippen molar-refractivity contribution >= 4 is 33.0 Å². The molecule has 0 N–H and O–H groups in total. The Kier molecular flexibility index (Phi) is 5.23. The summed E-state index contributed by atoms with van der Waals surface area (Å²) in [7, 11) is -3.34. The van der Waals surface area contributed by atoms with Gasteiger partial charge in [0.2, 0.25) is 5.91 Å². The number of rotatable bonds is 5. The summed E-state index contributed by atoms with van der Waals surface area (Å²) in [5, 5.41) is 0.389. The lowest BCUT2D eigenvalue weighted by atomic mass is 10.1. The van der Waals surface area contributed by atoms with Crippen molar-refractivity contribution in [3.8, 4) is 0 Å². The van der Waals surface area contributed by atoms with E-state index >= 15 is 0 Å². The van der Waals surface area contributed by atoms with Gasteiger partial charge in [-0.3, -0.25) is 4.79 Å². The van der Waals surface area contributed by atoms with Crippen LogP contribution in [0.5, 0.6) is 0 Å². The van der Waals surface area contributed by atoms with Crippen LogP contribution < -0.4 is 4.90 Å². The molecule has 0 unspecified atom stereocenters. The van der Waals surface area contributed by atoms with Gasteiger partial charge >= 0.3 is 0 Å². The van der Waals surface area contributed by atoms with Crippen LogP contribution in [0.15, 0.2) is 30.9 Å². The van der Waals surface area contributed by atoms with Gasteiger partial charge in [0.1, 0.15) is 0 Å². The van der Waals surface area contributed by atoms with Crippen molar-refractivity contribution in [2.45, 2.75) is 25.5 Å². The Hall–Kier alpha value is -1.33. The second kappa shape index (κ2) is 6.20. The molecule has 1 aromatic carbocycles. The van der Waals surface area contributed by atoms with E-state index in [2.05, 4.69) is 6.58 Å². The largest absolute Gasteiger partial charge is 0.306 e. The molecule has 4 nitrogen and oxygen atoms in total. The van der Waals surface area contributed by atoms with Gasteiger partial charge < -0.3 is 4.90 Å². The van der Waals surface area contributed by atoms with E-state index in [1.54, 1.807) is 26.0 Å². The van der Waals surface area contributed by atoms with Crippen LogP contribution in [-0.4, -0.2) is 31.9 Å². The summed E-state index contributed by atoms with van der Waals surface area (Å²) in [6, 6.07) is 5.26. The molecule has 0 saturated heterocycles. The number of sulfone groups is 1. The normalized spacial score (nSPS) is 12.0. The van der Waals surface area contributed by atoms with Gasteiger partial charge in [-0.25, -0.2) is 8.42 Å². The predicted molar refractivity (Wildman–Crippen MR) is 87.7 cm³/mol. The Bertz CT molecular complexity index is 665. The summed E-state index contributed by atoms with van der Waals surface area (Å²) in [4.78, 5) is 13.5. The summed E-state index contributed by atoms with van der Waals surface area (Å²) >= 11 is 6.16. The molecular weight excluding hydrogens is 310 g/mol. The summed E-state index contributed by atoms with van der Waals surface area (Å²) < 4.78 is 22.7. The van der Waals surface area contributed by atoms with Crippen molar-refractivity contribution in [1.29, 1.82) is 0 Å². The molecule has 1 rings (SSSR count). The molecule has 116 valence electrons. The van der Waals surface area contributed by atoms with Gasteiger partial charge in [-0.1, -0.05) is 24.2 Å². The molecule has 6 heteroatoms. The Morgan fingerprint density at radius 3 is 2.48 bits per heavy atom. The van der Waals surface area contributed by atoms with E-state index in [4.69, 9.17) is 11.6 Å². The monoisotopic (exact) mass is 329 g/mol. The summed E-state index contributed by atoms with van der Waals surface area (Å²) in [5.74, 6) is -0.390. The number of benzene rings is 1. The quantitative estimate of drug-likeness (QED) is 0.780. The Balaban J connectivity index is 3.35. The number of anilines is 1. The Morgan fingerprint density at radius 2 is 2.00 bits per heavy atom. The number of amides is 1. The molecule has 1 aromatic rings. The second-order valence-electron chi connectivity index (χ2n) is 5.62. The topological polar surface area (TPSA) is 54.5 Å². The highest BCUT2D eigenvalue weighted by Crippen LogP contribution is 2.30. The zero-order valence-electron chi connectivity index (χ0n) is 12.7. The van der Waals surface area contributed by atoms with E-state index in [9.17, 15) is 13.2 Å². The van der Waals surface area contributed by atoms with Crippen molar-refractivity contribution in [3.05, 3.63) is 41.4 Å². The van der Waals surface area contributed by atoms with E-state index in [-0.39, 0.29) is 12.5 Å². The lowest BCUT2D eigenvalue weighted by molar-refractivity contribution is -0.114. The maximum atomic E-state index is 12.1. The Labute approximate surface area is 131 Å². The van der Waals surface area contributed by atoms with Gasteiger partial charge in [0.15, 0.2) is 9.84 Å². The molecule has 0 atom stereocenters. The molecule has 1 amide bonds. The lowest BCUT2D eigenvalue weighted by Crippen LogP contribution is -2.46. The minimum absolute atomic E-state index is 0.000139. The maximum Gasteiger partial charge on any atom is 0.250 e. The van der Waals surface area contributed by atoms with Crippen LogP contribution in [0.25, 0.3) is 0 Å². The number of halogens is 1. The van der Waals surface area contributed by atoms with Gasteiger partial charge in [-0.05, 0) is 44.5 Å². The third-order valence-electron chi connectivity index (χ3n) is 3.38. The number of carbonyl (C=O) groups excluding carboxylic acids is 1. The molecule has 0 saturated carbocycles. The van der Waals surface area contributed by atoms with Gasteiger partial charge in [-0.2, -0.15) is 0 Å². The highest BCUT2D eigenvalue weighted by molar-refractivity contribution is 7.92. The smallest absolute Gasteiger partial charge is 0.250 e. The number of hydrogen-bond donors (Lipinski definition) is 0. The van der Waals surface area contributed by atoms with E-state index < -0.39 is 14.6 Å². The summed E-state index contributed by atoms with van der Waals surface area (Å²) in [5.41, 5.74) is 1.41. The average molecular weight is 330 g/mol. The molecule has 0 bridgehead atoms. The molecule has 0 aromatic heterocycles. The van der Waals surface area contributed by atoms with Crippen molar-refractivity contribution in [3.63, 3.8) is 0 Å². The molecule has 0 fully saturated rings. The standard InChI is InChI=1S/C15H20ClNO3S/c1-6-14(18)17(10-15(3,4)21(5,19)20)13-9-11(2)7-8-12(13)16/h6-9H,1,10H2,2-5H3. The van der Waals surface area contributed by atoms with Crippen molar-refractivity contribution < 1.29 is 13.2 Å². The number of nitrogens with zero attached hydrogens (tertiary/aromatic N) is 1. The molecule has 21 heavy (non-hydrogen) atoms. The molecule has 0 aliphatic heterocycles. The van der Waals surface area contributed by atoms with Gasteiger partial charge in [0.25, 0.3) is 0 Å². The molecule has 0 aliphatic carbocycles. The van der Waals surface area contributed by atoms with Crippen molar-refractivity contribution in [1.82, 2.24) is 0 Å². The fourth-order valence-corrected chi connectivity index (χ4v) is 2.30. The van der Waals surface area contributed by atoms with E-state index in [0.717, 1.165) is 17.9 Å². The zero-order valence-corrected chi connectivity index (χ0v) is 14.3. The highest BCUT2D eigenvalue weighted by atomic mass is 35.5. The van der Waals surface area contributed by atoms with E-state index in [0.29, 0.717) is 10.7 Å². The van der Waals surface area contributed by atoms with Crippen LogP contribution in [-0.2, 0) is 14.6 Å². The second-order valence-corrected chi connectivity index (χ2v) is 8.67. The maximum absolute atomic E-state index is 12.1. The van der Waals surface area contributed by atoms with Crippen LogP contribution >= 0.6 is 11.6 Å². The number of carbonyl (C=O) groups is 1. The first-order chi connectivity index (χ1) is 9.49. The fraction of sp³-hybridized carbons (Fsp3) is 0.400. The Morgan fingerprint density at radius 1 is 1.43 bits per heavy atom. The summed E-state index contributed by atoms with van der Waals surface area (Å²) in [6.07, 6.45) is 2.30. The van der Waals surface area contributed by atoms with Crippen molar-refractivity contribution in [2.75, 3.05) is 17.7 Å². The first-order valence-electron chi connectivity index (χ1n) is 6.39. The van der Waals surface area contributed by atoms with E-state index in [1.807, 2.05) is 13.0 Å². The predicted octanol–water partition coefficient (Wildman–Crippen LogP) is 2.99. The molecule has 0 radical (unpaired) electrons. The third kappa shape index (κ3) is 4.08. The fourth-order valence-electron chi connectivity index (χ4n) is 1.72. The van der Waals surface area contributed by atoms with Crippen LogP contribution in [0.3, 0.4) is 0 Å². The molecule has 0 heterocycles. The molecule has 0 spiro atoms. The minimum Gasteiger partial charge on any atom is -0.306 e. The minimum atomic E-state index is -3.34. The zero-order chi connectivity index (χ0) is 16.4. The SMILES string of the molecule is C=CC(=O)N(CC(C)(C)S(C)(=O)=O)c1cc(C)ccc1Cl. The summed E-state index contributed by atoms with van der Waals surface area (Å²) in [6.45, 7) is 8.50. The molecular formula is C15H20ClNO3S.